The zero-order valence-corrected chi connectivity index (χ0v) is 12.2. The summed E-state index contributed by atoms with van der Waals surface area (Å²) in [6.45, 7) is 5.74. The van der Waals surface area contributed by atoms with Gasteiger partial charge in [0.1, 0.15) is 11.3 Å². The molecular weight excluding hydrogens is 252 g/mol. The lowest BCUT2D eigenvalue weighted by Crippen LogP contribution is -2.48. The number of ether oxygens (including phenoxy) is 1. The van der Waals surface area contributed by atoms with Gasteiger partial charge in [0.25, 0.3) is 5.91 Å². The van der Waals surface area contributed by atoms with Gasteiger partial charge in [0.15, 0.2) is 6.61 Å². The maximum Gasteiger partial charge on any atom is 0.259 e. The zero-order chi connectivity index (χ0) is 14.8. The number of rotatable bonds is 5. The number of hydrogen-bond acceptors (Lipinski definition) is 3. The van der Waals surface area contributed by atoms with Crippen molar-refractivity contribution >= 4 is 5.91 Å². The predicted molar refractivity (Wildman–Crippen MR) is 76.3 cm³/mol. The molecular formula is C16H20N2O2. The van der Waals surface area contributed by atoms with E-state index in [1.54, 1.807) is 6.92 Å². The number of nitrogens with zero attached hydrogens (tertiary/aromatic N) is 1. The largest absolute Gasteiger partial charge is 0.484 e. The number of hydrogen-bond donors (Lipinski definition) is 1. The highest BCUT2D eigenvalue weighted by atomic mass is 16.5. The lowest BCUT2D eigenvalue weighted by atomic mass is 9.98. The first-order valence-electron chi connectivity index (χ1n) is 6.87. The molecule has 0 aromatic heterocycles. The molecule has 0 radical (unpaired) electrons. The standard InChI is InChI=1S/C16H20N2O2/c1-11-4-7-14(8-12(11)2)20-9-15(19)18-16(3,10-17)13-5-6-13/h4,7-8,13H,5-6,9H2,1-3H3,(H,18,19)/t16-/m1/s1. The second-order valence-electron chi connectivity index (χ2n) is 5.67. The molecule has 1 aromatic rings. The lowest BCUT2D eigenvalue weighted by Gasteiger charge is -2.22. The van der Waals surface area contributed by atoms with Gasteiger partial charge in [0, 0.05) is 0 Å². The number of nitrogens with one attached hydrogen (secondary N) is 1. The Morgan fingerprint density at radius 3 is 2.70 bits per heavy atom. The molecule has 0 spiro atoms. The Labute approximate surface area is 119 Å². The van der Waals surface area contributed by atoms with Gasteiger partial charge in [-0.25, -0.2) is 0 Å². The number of carbonyl (C=O) groups excluding carboxylic acids is 1. The molecule has 1 aliphatic rings. The van der Waals surface area contributed by atoms with Crippen LogP contribution in [0.4, 0.5) is 0 Å². The predicted octanol–water partition coefficient (Wildman–Crippen LogP) is 2.49. The van der Waals surface area contributed by atoms with Gasteiger partial charge in [0.05, 0.1) is 6.07 Å². The van der Waals surface area contributed by atoms with Crippen molar-refractivity contribution in [2.24, 2.45) is 5.92 Å². The Bertz CT molecular complexity index is 558. The summed E-state index contributed by atoms with van der Waals surface area (Å²) < 4.78 is 5.47. The van der Waals surface area contributed by atoms with Gasteiger partial charge >= 0.3 is 0 Å². The fourth-order valence-electron chi connectivity index (χ4n) is 2.16. The van der Waals surface area contributed by atoms with Crippen molar-refractivity contribution in [3.63, 3.8) is 0 Å². The average Bonchev–Trinajstić information content (AvgIpc) is 3.25. The van der Waals surface area contributed by atoms with E-state index in [1.165, 1.54) is 5.56 Å². The molecule has 4 heteroatoms. The first-order valence-corrected chi connectivity index (χ1v) is 6.87. The number of aryl methyl sites for hydroxylation is 2. The van der Waals surface area contributed by atoms with E-state index in [0.717, 1.165) is 18.4 Å². The summed E-state index contributed by atoms with van der Waals surface area (Å²) in [6, 6.07) is 7.92. The first-order chi connectivity index (χ1) is 9.44. The normalized spacial score (nSPS) is 16.9. The second-order valence-corrected chi connectivity index (χ2v) is 5.67. The highest BCUT2D eigenvalue weighted by Crippen LogP contribution is 2.39. The first kappa shape index (κ1) is 14.4. The molecule has 1 fully saturated rings. The highest BCUT2D eigenvalue weighted by molar-refractivity contribution is 5.79. The van der Waals surface area contributed by atoms with Crippen molar-refractivity contribution in [1.82, 2.24) is 5.32 Å². The fourth-order valence-corrected chi connectivity index (χ4v) is 2.16. The summed E-state index contributed by atoms with van der Waals surface area (Å²) in [4.78, 5) is 11.9. The van der Waals surface area contributed by atoms with Crippen LogP contribution >= 0.6 is 0 Å². The van der Waals surface area contributed by atoms with E-state index >= 15 is 0 Å². The molecule has 4 nitrogen and oxygen atoms in total. The van der Waals surface area contributed by atoms with E-state index in [1.807, 2.05) is 32.0 Å². The topological polar surface area (TPSA) is 62.1 Å². The minimum Gasteiger partial charge on any atom is -0.484 e. The molecule has 0 unspecified atom stereocenters. The molecule has 0 aliphatic heterocycles. The summed E-state index contributed by atoms with van der Waals surface area (Å²) in [5.41, 5.74) is 1.55. The Balaban J connectivity index is 1.89. The maximum absolute atomic E-state index is 11.9. The molecule has 20 heavy (non-hydrogen) atoms. The Morgan fingerprint density at radius 1 is 1.45 bits per heavy atom. The van der Waals surface area contributed by atoms with Crippen molar-refractivity contribution in [2.45, 2.75) is 39.2 Å². The van der Waals surface area contributed by atoms with E-state index in [0.29, 0.717) is 5.75 Å². The Hall–Kier alpha value is -2.02. The van der Waals surface area contributed by atoms with Crippen LogP contribution in [0.3, 0.4) is 0 Å². The van der Waals surface area contributed by atoms with Crippen molar-refractivity contribution in [1.29, 1.82) is 5.26 Å². The van der Waals surface area contributed by atoms with Crippen molar-refractivity contribution in [3.8, 4) is 11.8 Å². The summed E-state index contributed by atoms with van der Waals surface area (Å²) >= 11 is 0. The molecule has 0 saturated heterocycles. The van der Waals surface area contributed by atoms with Crippen molar-refractivity contribution < 1.29 is 9.53 Å². The average molecular weight is 272 g/mol. The minimum absolute atomic E-state index is 0.0630. The van der Waals surface area contributed by atoms with Gasteiger partial charge in [-0.15, -0.1) is 0 Å². The zero-order valence-electron chi connectivity index (χ0n) is 12.2. The van der Waals surface area contributed by atoms with Crippen LogP contribution in [0, 0.1) is 31.1 Å². The molecule has 1 aromatic carbocycles. The molecule has 0 bridgehead atoms. The number of carbonyl (C=O) groups is 1. The van der Waals surface area contributed by atoms with E-state index in [2.05, 4.69) is 11.4 Å². The van der Waals surface area contributed by atoms with Crippen LogP contribution in [0.5, 0.6) is 5.75 Å². The fraction of sp³-hybridized carbons (Fsp3) is 0.500. The van der Waals surface area contributed by atoms with Crippen molar-refractivity contribution in [2.75, 3.05) is 6.61 Å². The molecule has 106 valence electrons. The van der Waals surface area contributed by atoms with Gasteiger partial charge in [-0.1, -0.05) is 6.07 Å². The summed E-state index contributed by atoms with van der Waals surface area (Å²) in [6.07, 6.45) is 2.00. The van der Waals surface area contributed by atoms with E-state index in [9.17, 15) is 10.1 Å². The van der Waals surface area contributed by atoms with E-state index in [-0.39, 0.29) is 18.4 Å². The third-order valence-electron chi connectivity index (χ3n) is 3.87. The van der Waals surface area contributed by atoms with Crippen LogP contribution in [-0.2, 0) is 4.79 Å². The summed E-state index contributed by atoms with van der Waals surface area (Å²) in [5, 5.41) is 12.0. The van der Waals surface area contributed by atoms with Gasteiger partial charge < -0.3 is 10.1 Å². The van der Waals surface area contributed by atoms with Crippen LogP contribution < -0.4 is 10.1 Å². The second kappa shape index (κ2) is 5.54. The van der Waals surface area contributed by atoms with Crippen LogP contribution in [0.2, 0.25) is 0 Å². The SMILES string of the molecule is Cc1ccc(OCC(=O)N[C@](C)(C#N)C2CC2)cc1C. The van der Waals surface area contributed by atoms with E-state index < -0.39 is 5.54 Å². The Morgan fingerprint density at radius 2 is 2.15 bits per heavy atom. The van der Waals surface area contributed by atoms with Gasteiger partial charge in [-0.3, -0.25) is 4.79 Å². The smallest absolute Gasteiger partial charge is 0.259 e. The summed E-state index contributed by atoms with van der Waals surface area (Å²) in [7, 11) is 0. The van der Waals surface area contributed by atoms with Crippen LogP contribution in [0.25, 0.3) is 0 Å². The number of amides is 1. The van der Waals surface area contributed by atoms with Gasteiger partial charge in [-0.2, -0.15) is 5.26 Å². The summed E-state index contributed by atoms with van der Waals surface area (Å²) in [5.74, 6) is 0.700. The van der Waals surface area contributed by atoms with Gasteiger partial charge in [-0.05, 0) is 62.8 Å². The van der Waals surface area contributed by atoms with Gasteiger partial charge in [0.2, 0.25) is 0 Å². The highest BCUT2D eigenvalue weighted by Gasteiger charge is 2.43. The molecule has 2 rings (SSSR count). The molecule has 0 heterocycles. The molecule has 1 saturated carbocycles. The monoisotopic (exact) mass is 272 g/mol. The third-order valence-corrected chi connectivity index (χ3v) is 3.87. The number of benzene rings is 1. The molecule has 1 N–H and O–H groups in total. The third kappa shape index (κ3) is 3.30. The maximum atomic E-state index is 11.9. The van der Waals surface area contributed by atoms with Crippen LogP contribution in [-0.4, -0.2) is 18.1 Å². The molecule has 1 atom stereocenters. The number of nitriles is 1. The molecule has 1 aliphatic carbocycles. The van der Waals surface area contributed by atoms with Crippen LogP contribution in [0.1, 0.15) is 30.9 Å². The quantitative estimate of drug-likeness (QED) is 0.895. The minimum atomic E-state index is -0.760. The van der Waals surface area contributed by atoms with Crippen LogP contribution in [0.15, 0.2) is 18.2 Å². The lowest BCUT2D eigenvalue weighted by molar-refractivity contribution is -0.124. The molecule has 1 amide bonds. The van der Waals surface area contributed by atoms with Crippen molar-refractivity contribution in [3.05, 3.63) is 29.3 Å². The van der Waals surface area contributed by atoms with E-state index in [4.69, 9.17) is 4.74 Å². The Kier molecular flexibility index (Phi) is 3.99.